The number of nitrogen functional groups attached to an aromatic ring is 1. The van der Waals surface area contributed by atoms with E-state index in [4.69, 9.17) is 10.5 Å². The van der Waals surface area contributed by atoms with Crippen LogP contribution in [0, 0.1) is 0 Å². The molecule has 0 radical (unpaired) electrons. The number of nitrogens with two attached hydrogens (primary N) is 1. The number of methoxy groups -OCH3 is 1. The summed E-state index contributed by atoms with van der Waals surface area (Å²) in [6.07, 6.45) is 1.79. The van der Waals surface area contributed by atoms with Crippen molar-refractivity contribution in [1.82, 2.24) is 14.9 Å². The molecule has 0 spiro atoms. The lowest BCUT2D eigenvalue weighted by Crippen LogP contribution is -2.30. The molecule has 1 aromatic carbocycles. The highest BCUT2D eigenvalue weighted by molar-refractivity contribution is 5.89. The quantitative estimate of drug-likeness (QED) is 0.595. The third kappa shape index (κ3) is 3.52. The van der Waals surface area contributed by atoms with E-state index >= 15 is 0 Å². The Hall–Kier alpha value is -2.08. The number of rotatable bonds is 7. The van der Waals surface area contributed by atoms with Crippen LogP contribution in [0.15, 0.2) is 18.2 Å². The van der Waals surface area contributed by atoms with Gasteiger partial charge < -0.3 is 20.4 Å². The van der Waals surface area contributed by atoms with Gasteiger partial charge in [-0.1, -0.05) is 13.0 Å². The molecule has 0 saturated carbocycles. The normalized spacial score (nSPS) is 11.0. The Kier molecular flexibility index (Phi) is 5.16. The van der Waals surface area contributed by atoms with Gasteiger partial charge in [-0.15, -0.1) is 0 Å². The number of para-hydroxylation sites is 1. The van der Waals surface area contributed by atoms with E-state index in [9.17, 15) is 4.79 Å². The van der Waals surface area contributed by atoms with Crippen molar-refractivity contribution >= 4 is 22.6 Å². The molecular formula is C15H22N4O2. The Balaban J connectivity index is 2.26. The lowest BCUT2D eigenvalue weighted by molar-refractivity contribution is -0.121. The van der Waals surface area contributed by atoms with Gasteiger partial charge in [0.1, 0.15) is 17.9 Å². The van der Waals surface area contributed by atoms with Gasteiger partial charge in [-0.25, -0.2) is 4.98 Å². The molecule has 1 aromatic heterocycles. The average Bonchev–Trinajstić information content (AvgIpc) is 2.80. The van der Waals surface area contributed by atoms with E-state index < -0.39 is 0 Å². The predicted octanol–water partition coefficient (Wildman–Crippen LogP) is 1.33. The van der Waals surface area contributed by atoms with Crippen LogP contribution in [0.1, 0.15) is 19.2 Å². The summed E-state index contributed by atoms with van der Waals surface area (Å²) in [5, 5.41) is 2.83. The van der Waals surface area contributed by atoms with Gasteiger partial charge in [-0.05, 0) is 18.6 Å². The zero-order valence-corrected chi connectivity index (χ0v) is 12.6. The highest BCUT2D eigenvalue weighted by atomic mass is 16.5. The van der Waals surface area contributed by atoms with Crippen molar-refractivity contribution in [2.45, 2.75) is 26.3 Å². The first-order valence-corrected chi connectivity index (χ1v) is 7.16. The Morgan fingerprint density at radius 2 is 2.29 bits per heavy atom. The van der Waals surface area contributed by atoms with Crippen molar-refractivity contribution in [3.05, 3.63) is 24.0 Å². The number of amides is 1. The van der Waals surface area contributed by atoms with Gasteiger partial charge in [0.05, 0.1) is 17.8 Å². The number of hydrogen-bond donors (Lipinski definition) is 2. The molecule has 6 heteroatoms. The Morgan fingerprint density at radius 3 is 3.00 bits per heavy atom. The summed E-state index contributed by atoms with van der Waals surface area (Å²) in [5.74, 6) is 0.846. The average molecular weight is 290 g/mol. The molecule has 2 rings (SSSR count). The molecule has 3 N–H and O–H groups in total. The number of carbonyl (C=O) groups is 1. The van der Waals surface area contributed by atoms with E-state index in [0.29, 0.717) is 18.8 Å². The summed E-state index contributed by atoms with van der Waals surface area (Å²) in [7, 11) is 1.61. The molecule has 6 nitrogen and oxygen atoms in total. The first kappa shape index (κ1) is 15.3. The molecule has 0 unspecified atom stereocenters. The number of benzene rings is 1. The maximum atomic E-state index is 12.0. The molecule has 0 aliphatic rings. The Morgan fingerprint density at radius 1 is 1.48 bits per heavy atom. The largest absolute Gasteiger partial charge is 0.397 e. The van der Waals surface area contributed by atoms with Gasteiger partial charge >= 0.3 is 0 Å². The van der Waals surface area contributed by atoms with Gasteiger partial charge in [0, 0.05) is 20.1 Å². The predicted molar refractivity (Wildman–Crippen MR) is 83.0 cm³/mol. The highest BCUT2D eigenvalue weighted by Gasteiger charge is 2.14. The van der Waals surface area contributed by atoms with Crippen LogP contribution < -0.4 is 11.1 Å². The fourth-order valence-corrected chi connectivity index (χ4v) is 2.30. The molecule has 0 saturated heterocycles. The van der Waals surface area contributed by atoms with E-state index in [0.717, 1.165) is 29.7 Å². The summed E-state index contributed by atoms with van der Waals surface area (Å²) in [4.78, 5) is 16.6. The summed E-state index contributed by atoms with van der Waals surface area (Å²) in [5.41, 5.74) is 8.28. The van der Waals surface area contributed by atoms with Crippen LogP contribution in [-0.2, 0) is 22.5 Å². The van der Waals surface area contributed by atoms with Gasteiger partial charge in [0.2, 0.25) is 5.91 Å². The standard InChI is InChI=1S/C15H22N4O2/c1-3-5-13-18-15-11(16)6-4-7-12(15)19(13)10-14(20)17-8-9-21-2/h4,6-7H,3,5,8-10,16H2,1-2H3,(H,17,20). The highest BCUT2D eigenvalue weighted by Crippen LogP contribution is 2.22. The van der Waals surface area contributed by atoms with Crippen LogP contribution in [-0.4, -0.2) is 35.7 Å². The lowest BCUT2D eigenvalue weighted by Gasteiger charge is -2.09. The molecule has 0 aliphatic carbocycles. The van der Waals surface area contributed by atoms with Crippen molar-refractivity contribution < 1.29 is 9.53 Å². The molecule has 1 heterocycles. The van der Waals surface area contributed by atoms with Crippen molar-refractivity contribution in [2.75, 3.05) is 26.0 Å². The summed E-state index contributed by atoms with van der Waals surface area (Å²) in [6, 6.07) is 5.66. The van der Waals surface area contributed by atoms with Gasteiger partial charge in [0.15, 0.2) is 0 Å². The lowest BCUT2D eigenvalue weighted by atomic mass is 10.2. The third-order valence-electron chi connectivity index (χ3n) is 3.29. The van der Waals surface area contributed by atoms with Crippen molar-refractivity contribution in [3.8, 4) is 0 Å². The van der Waals surface area contributed by atoms with Gasteiger partial charge in [0.25, 0.3) is 0 Å². The molecule has 114 valence electrons. The minimum absolute atomic E-state index is 0.0499. The first-order valence-electron chi connectivity index (χ1n) is 7.16. The van der Waals surface area contributed by atoms with Crippen molar-refractivity contribution in [1.29, 1.82) is 0 Å². The van der Waals surface area contributed by atoms with Crippen LogP contribution in [0.5, 0.6) is 0 Å². The zero-order valence-electron chi connectivity index (χ0n) is 12.6. The number of nitrogens with zero attached hydrogens (tertiary/aromatic N) is 2. The van der Waals surface area contributed by atoms with Crippen LogP contribution in [0.2, 0.25) is 0 Å². The van der Waals surface area contributed by atoms with E-state index in [-0.39, 0.29) is 12.5 Å². The van der Waals surface area contributed by atoms with Crippen LogP contribution in [0.4, 0.5) is 5.69 Å². The van der Waals surface area contributed by atoms with E-state index in [2.05, 4.69) is 17.2 Å². The Labute approximate surface area is 124 Å². The number of ether oxygens (including phenoxy) is 1. The second-order valence-corrected chi connectivity index (χ2v) is 4.92. The first-order chi connectivity index (χ1) is 10.2. The van der Waals surface area contributed by atoms with Crippen molar-refractivity contribution in [3.63, 3.8) is 0 Å². The minimum Gasteiger partial charge on any atom is -0.397 e. The molecule has 21 heavy (non-hydrogen) atoms. The smallest absolute Gasteiger partial charge is 0.240 e. The number of hydrogen-bond acceptors (Lipinski definition) is 4. The van der Waals surface area contributed by atoms with Gasteiger partial charge in [-0.3, -0.25) is 4.79 Å². The number of nitrogens with one attached hydrogen (secondary N) is 1. The molecule has 2 aromatic rings. The fourth-order valence-electron chi connectivity index (χ4n) is 2.30. The van der Waals surface area contributed by atoms with Gasteiger partial charge in [-0.2, -0.15) is 0 Å². The van der Waals surface area contributed by atoms with E-state index in [1.165, 1.54) is 0 Å². The van der Waals surface area contributed by atoms with Crippen LogP contribution >= 0.6 is 0 Å². The second kappa shape index (κ2) is 7.08. The maximum Gasteiger partial charge on any atom is 0.240 e. The topological polar surface area (TPSA) is 82.2 Å². The number of aryl methyl sites for hydroxylation is 1. The monoisotopic (exact) mass is 290 g/mol. The van der Waals surface area contributed by atoms with E-state index in [1.54, 1.807) is 7.11 Å². The number of carbonyl (C=O) groups excluding carboxylic acids is 1. The summed E-state index contributed by atoms with van der Waals surface area (Å²) < 4.78 is 6.87. The molecule has 0 aliphatic heterocycles. The maximum absolute atomic E-state index is 12.0. The molecule has 1 amide bonds. The number of imidazole rings is 1. The number of fused-ring (bicyclic) bond motifs is 1. The minimum atomic E-state index is -0.0499. The van der Waals surface area contributed by atoms with Crippen LogP contribution in [0.3, 0.4) is 0 Å². The molecule has 0 atom stereocenters. The molecule has 0 bridgehead atoms. The fraction of sp³-hybridized carbons (Fsp3) is 0.467. The number of aromatic nitrogens is 2. The van der Waals surface area contributed by atoms with E-state index in [1.807, 2.05) is 22.8 Å². The second-order valence-electron chi connectivity index (χ2n) is 4.92. The molecular weight excluding hydrogens is 268 g/mol. The molecule has 0 fully saturated rings. The Bertz CT molecular complexity index is 621. The van der Waals surface area contributed by atoms with Crippen molar-refractivity contribution in [2.24, 2.45) is 0 Å². The summed E-state index contributed by atoms with van der Waals surface area (Å²) in [6.45, 7) is 3.35. The SMILES string of the molecule is CCCc1nc2c(N)cccc2n1CC(=O)NCCOC. The number of anilines is 1. The zero-order chi connectivity index (χ0) is 15.2. The van der Waals surface area contributed by atoms with Crippen LogP contribution in [0.25, 0.3) is 11.0 Å². The summed E-state index contributed by atoms with van der Waals surface area (Å²) >= 11 is 0. The third-order valence-corrected chi connectivity index (χ3v) is 3.29.